The van der Waals surface area contributed by atoms with Gasteiger partial charge in [0.05, 0.1) is 12.6 Å². The van der Waals surface area contributed by atoms with Gasteiger partial charge < -0.3 is 20.5 Å². The van der Waals surface area contributed by atoms with Gasteiger partial charge >= 0.3 is 6.03 Å². The predicted molar refractivity (Wildman–Crippen MR) is 65.9 cm³/mol. The van der Waals surface area contributed by atoms with Gasteiger partial charge in [0.25, 0.3) is 0 Å². The van der Waals surface area contributed by atoms with Gasteiger partial charge in [-0.3, -0.25) is 0 Å². The van der Waals surface area contributed by atoms with Gasteiger partial charge in [-0.15, -0.1) is 0 Å². The monoisotopic (exact) mass is 244 g/mol. The summed E-state index contributed by atoms with van der Waals surface area (Å²) in [4.78, 5) is 11.6. The van der Waals surface area contributed by atoms with Crippen LogP contribution in [-0.4, -0.2) is 43.5 Å². The molecule has 1 saturated heterocycles. The van der Waals surface area contributed by atoms with Gasteiger partial charge in [0.2, 0.25) is 0 Å². The van der Waals surface area contributed by atoms with E-state index in [4.69, 9.17) is 9.84 Å². The summed E-state index contributed by atoms with van der Waals surface area (Å²) in [5.41, 5.74) is 0. The minimum atomic E-state index is -0.125. The molecule has 17 heavy (non-hydrogen) atoms. The highest BCUT2D eigenvalue weighted by molar-refractivity contribution is 5.74. The number of hydrogen-bond acceptors (Lipinski definition) is 3. The first-order chi connectivity index (χ1) is 8.26. The van der Waals surface area contributed by atoms with E-state index < -0.39 is 0 Å². The Kier molecular flexibility index (Phi) is 6.96. The third-order valence-corrected chi connectivity index (χ3v) is 3.05. The fraction of sp³-hybridized carbons (Fsp3) is 0.917. The van der Waals surface area contributed by atoms with Crippen molar-refractivity contribution in [2.75, 3.05) is 26.4 Å². The maximum absolute atomic E-state index is 11.6. The average molecular weight is 244 g/mol. The molecule has 1 rings (SSSR count). The van der Waals surface area contributed by atoms with Crippen molar-refractivity contribution < 1.29 is 14.6 Å². The molecular weight excluding hydrogens is 220 g/mol. The molecule has 0 radical (unpaired) electrons. The summed E-state index contributed by atoms with van der Waals surface area (Å²) >= 11 is 0. The Bertz CT molecular complexity index is 212. The Morgan fingerprint density at radius 2 is 2.35 bits per heavy atom. The largest absolute Gasteiger partial charge is 0.396 e. The van der Waals surface area contributed by atoms with E-state index in [9.17, 15) is 4.79 Å². The molecule has 0 spiro atoms. The van der Waals surface area contributed by atoms with Gasteiger partial charge in [0.1, 0.15) is 0 Å². The molecule has 0 saturated carbocycles. The first-order valence-corrected chi connectivity index (χ1v) is 6.49. The van der Waals surface area contributed by atoms with Crippen LogP contribution < -0.4 is 10.6 Å². The molecule has 1 aliphatic heterocycles. The Morgan fingerprint density at radius 1 is 1.53 bits per heavy atom. The lowest BCUT2D eigenvalue weighted by Gasteiger charge is -2.17. The maximum atomic E-state index is 11.6. The topological polar surface area (TPSA) is 70.6 Å². The molecule has 2 amide bonds. The molecule has 1 fully saturated rings. The molecule has 100 valence electrons. The number of aliphatic hydroxyl groups is 1. The summed E-state index contributed by atoms with van der Waals surface area (Å²) in [5.74, 6) is 0.371. The van der Waals surface area contributed by atoms with Crippen LogP contribution >= 0.6 is 0 Å². The number of urea groups is 1. The van der Waals surface area contributed by atoms with E-state index in [0.717, 1.165) is 32.3 Å². The zero-order valence-electron chi connectivity index (χ0n) is 10.6. The summed E-state index contributed by atoms with van der Waals surface area (Å²) in [6.07, 6.45) is 3.75. The van der Waals surface area contributed by atoms with Gasteiger partial charge in [-0.05, 0) is 25.2 Å². The van der Waals surface area contributed by atoms with Crippen LogP contribution in [0.5, 0.6) is 0 Å². The van der Waals surface area contributed by atoms with Crippen molar-refractivity contribution in [1.82, 2.24) is 10.6 Å². The molecule has 1 heterocycles. The molecule has 3 N–H and O–H groups in total. The standard InChI is InChI=1S/C12H24N2O3/c1-2-3-10(4-6-15)8-13-12(16)14-11-5-7-17-9-11/h10-11,15H,2-9H2,1H3,(H2,13,14,16). The van der Waals surface area contributed by atoms with Gasteiger partial charge in [-0.2, -0.15) is 0 Å². The summed E-state index contributed by atoms with van der Waals surface area (Å²) < 4.78 is 5.19. The summed E-state index contributed by atoms with van der Waals surface area (Å²) in [7, 11) is 0. The van der Waals surface area contributed by atoms with Crippen molar-refractivity contribution in [3.8, 4) is 0 Å². The van der Waals surface area contributed by atoms with Gasteiger partial charge in [-0.1, -0.05) is 13.3 Å². The van der Waals surface area contributed by atoms with Crippen LogP contribution in [0.25, 0.3) is 0 Å². The van der Waals surface area contributed by atoms with E-state index in [-0.39, 0.29) is 18.7 Å². The van der Waals surface area contributed by atoms with E-state index in [2.05, 4.69) is 17.6 Å². The molecule has 5 heteroatoms. The lowest BCUT2D eigenvalue weighted by Crippen LogP contribution is -2.44. The second kappa shape index (κ2) is 8.31. The summed E-state index contributed by atoms with van der Waals surface area (Å²) in [6.45, 7) is 4.27. The van der Waals surface area contributed by atoms with E-state index in [1.807, 2.05) is 0 Å². The Labute approximate surface area is 103 Å². The highest BCUT2D eigenvalue weighted by Crippen LogP contribution is 2.09. The van der Waals surface area contributed by atoms with Crippen molar-refractivity contribution in [3.63, 3.8) is 0 Å². The lowest BCUT2D eigenvalue weighted by atomic mass is 10.0. The smallest absolute Gasteiger partial charge is 0.315 e. The van der Waals surface area contributed by atoms with Crippen LogP contribution in [0.15, 0.2) is 0 Å². The van der Waals surface area contributed by atoms with Crippen molar-refractivity contribution in [2.24, 2.45) is 5.92 Å². The van der Waals surface area contributed by atoms with Crippen LogP contribution in [0.3, 0.4) is 0 Å². The number of ether oxygens (including phenoxy) is 1. The quantitative estimate of drug-likeness (QED) is 0.622. The average Bonchev–Trinajstić information content (AvgIpc) is 2.79. The number of carbonyl (C=O) groups excluding carboxylic acids is 1. The second-order valence-electron chi connectivity index (χ2n) is 4.58. The highest BCUT2D eigenvalue weighted by atomic mass is 16.5. The number of carbonyl (C=O) groups is 1. The Morgan fingerprint density at radius 3 is 2.94 bits per heavy atom. The van der Waals surface area contributed by atoms with Crippen molar-refractivity contribution in [1.29, 1.82) is 0 Å². The first-order valence-electron chi connectivity index (χ1n) is 6.49. The Balaban J connectivity index is 2.15. The molecule has 0 bridgehead atoms. The SMILES string of the molecule is CCCC(CCO)CNC(=O)NC1CCOC1. The van der Waals surface area contributed by atoms with E-state index in [0.29, 0.717) is 19.1 Å². The molecular formula is C12H24N2O3. The predicted octanol–water partition coefficient (Wildman–Crippen LogP) is 0.873. The number of amides is 2. The molecule has 2 atom stereocenters. The fourth-order valence-corrected chi connectivity index (χ4v) is 2.06. The van der Waals surface area contributed by atoms with Crippen LogP contribution in [0.4, 0.5) is 4.79 Å². The summed E-state index contributed by atoms with van der Waals surface area (Å²) in [5, 5.41) is 14.7. The van der Waals surface area contributed by atoms with Gasteiger partial charge in [0, 0.05) is 19.8 Å². The van der Waals surface area contributed by atoms with Crippen LogP contribution in [0, 0.1) is 5.92 Å². The van der Waals surface area contributed by atoms with Gasteiger partial charge in [-0.25, -0.2) is 4.79 Å². The highest BCUT2D eigenvalue weighted by Gasteiger charge is 2.18. The number of nitrogens with one attached hydrogen (secondary N) is 2. The van der Waals surface area contributed by atoms with Crippen LogP contribution in [0.2, 0.25) is 0 Å². The zero-order valence-corrected chi connectivity index (χ0v) is 10.6. The van der Waals surface area contributed by atoms with Crippen LogP contribution in [0.1, 0.15) is 32.6 Å². The van der Waals surface area contributed by atoms with E-state index >= 15 is 0 Å². The summed E-state index contributed by atoms with van der Waals surface area (Å²) in [6, 6.07) is 0.0250. The molecule has 1 aliphatic rings. The van der Waals surface area contributed by atoms with Crippen LogP contribution in [-0.2, 0) is 4.74 Å². The number of rotatable bonds is 7. The van der Waals surface area contributed by atoms with E-state index in [1.54, 1.807) is 0 Å². The third-order valence-electron chi connectivity index (χ3n) is 3.05. The second-order valence-corrected chi connectivity index (χ2v) is 4.58. The molecule has 0 aromatic rings. The van der Waals surface area contributed by atoms with Crippen molar-refractivity contribution in [3.05, 3.63) is 0 Å². The molecule has 2 unspecified atom stereocenters. The van der Waals surface area contributed by atoms with Gasteiger partial charge in [0.15, 0.2) is 0 Å². The molecule has 0 aromatic carbocycles. The van der Waals surface area contributed by atoms with Crippen molar-refractivity contribution in [2.45, 2.75) is 38.6 Å². The fourth-order valence-electron chi connectivity index (χ4n) is 2.06. The first kappa shape index (κ1) is 14.3. The normalized spacial score (nSPS) is 21.2. The maximum Gasteiger partial charge on any atom is 0.315 e. The lowest BCUT2D eigenvalue weighted by molar-refractivity contribution is 0.188. The number of hydrogen-bond donors (Lipinski definition) is 3. The molecule has 0 aliphatic carbocycles. The Hall–Kier alpha value is -0.810. The minimum absolute atomic E-state index is 0.125. The van der Waals surface area contributed by atoms with Crippen molar-refractivity contribution >= 4 is 6.03 Å². The minimum Gasteiger partial charge on any atom is -0.396 e. The van der Waals surface area contributed by atoms with E-state index in [1.165, 1.54) is 0 Å². The molecule has 5 nitrogen and oxygen atoms in total. The zero-order chi connectivity index (χ0) is 12.5. The number of aliphatic hydroxyl groups excluding tert-OH is 1. The third kappa shape index (κ3) is 5.89. The molecule has 0 aromatic heterocycles.